The lowest BCUT2D eigenvalue weighted by molar-refractivity contribution is 0.0951. The number of nitrogens with two attached hydrogens (primary N) is 1. The van der Waals surface area contributed by atoms with Gasteiger partial charge in [-0.25, -0.2) is 13.6 Å². The first-order valence-electron chi connectivity index (χ1n) is 5.28. The number of primary sulfonamides is 1. The molecule has 1 aliphatic carbocycles. The summed E-state index contributed by atoms with van der Waals surface area (Å²) in [5.74, 6) is 0.371. The van der Waals surface area contributed by atoms with Crippen LogP contribution < -0.4 is 10.5 Å². The molecule has 0 unspecified atom stereocenters. The Morgan fingerprint density at radius 2 is 2.24 bits per heavy atom. The average Bonchev–Trinajstić information content (AvgIpc) is 2.95. The summed E-state index contributed by atoms with van der Waals surface area (Å²) in [6.07, 6.45) is 2.32. The van der Waals surface area contributed by atoms with Crippen LogP contribution in [0.3, 0.4) is 0 Å². The lowest BCUT2D eigenvalue weighted by Crippen LogP contribution is -2.25. The summed E-state index contributed by atoms with van der Waals surface area (Å²) in [5, 5.41) is 9.39. The van der Waals surface area contributed by atoms with Gasteiger partial charge in [0.1, 0.15) is 4.21 Å². The molecule has 1 aliphatic rings. The number of hydrogen-bond donors (Lipinski definition) is 2. The Bertz CT molecular complexity index is 544. The molecule has 1 amide bonds. The van der Waals surface area contributed by atoms with Gasteiger partial charge in [-0.2, -0.15) is 0 Å². The molecule has 1 aromatic heterocycles. The van der Waals surface area contributed by atoms with Crippen LogP contribution in [0.1, 0.15) is 28.8 Å². The first kappa shape index (κ1) is 12.5. The van der Waals surface area contributed by atoms with E-state index >= 15 is 0 Å². The topological polar surface area (TPSA) is 89.3 Å². The van der Waals surface area contributed by atoms with Crippen molar-refractivity contribution in [1.82, 2.24) is 5.32 Å². The Labute approximate surface area is 104 Å². The van der Waals surface area contributed by atoms with Gasteiger partial charge in [0, 0.05) is 11.9 Å². The predicted molar refractivity (Wildman–Crippen MR) is 65.5 cm³/mol. The molecule has 1 saturated carbocycles. The average molecular weight is 274 g/mol. The summed E-state index contributed by atoms with van der Waals surface area (Å²) in [6.45, 7) is 2.26. The Morgan fingerprint density at radius 1 is 1.59 bits per heavy atom. The van der Waals surface area contributed by atoms with Crippen LogP contribution >= 0.6 is 11.3 Å². The van der Waals surface area contributed by atoms with Crippen molar-refractivity contribution in [2.45, 2.75) is 24.0 Å². The number of amides is 1. The molecule has 0 bridgehead atoms. The Morgan fingerprint density at radius 3 is 2.71 bits per heavy atom. The highest BCUT2D eigenvalue weighted by Gasteiger charge is 2.24. The molecule has 7 heteroatoms. The van der Waals surface area contributed by atoms with Gasteiger partial charge in [0.15, 0.2) is 0 Å². The summed E-state index contributed by atoms with van der Waals surface area (Å²) in [4.78, 5) is 11.8. The molecule has 94 valence electrons. The largest absolute Gasteiger partial charge is 0.352 e. The van der Waals surface area contributed by atoms with Gasteiger partial charge in [-0.15, -0.1) is 11.3 Å². The number of carbonyl (C=O) groups excluding carboxylic acids is 1. The van der Waals surface area contributed by atoms with Crippen LogP contribution in [0.5, 0.6) is 0 Å². The summed E-state index contributed by atoms with van der Waals surface area (Å²) >= 11 is 0.988. The van der Waals surface area contributed by atoms with E-state index in [-0.39, 0.29) is 10.1 Å². The minimum Gasteiger partial charge on any atom is -0.352 e. The summed E-state index contributed by atoms with van der Waals surface area (Å²) < 4.78 is 22.5. The fraction of sp³-hybridized carbons (Fsp3) is 0.500. The maximum absolute atomic E-state index is 11.8. The van der Waals surface area contributed by atoms with Gasteiger partial charge in [0.2, 0.25) is 10.0 Å². The van der Waals surface area contributed by atoms with Gasteiger partial charge in [0.25, 0.3) is 5.91 Å². The second-order valence-electron chi connectivity index (χ2n) is 4.26. The minimum absolute atomic E-state index is 0.0640. The van der Waals surface area contributed by atoms with Crippen LogP contribution in [0.25, 0.3) is 0 Å². The van der Waals surface area contributed by atoms with Crippen molar-refractivity contribution in [3.05, 3.63) is 16.5 Å². The minimum atomic E-state index is -3.73. The van der Waals surface area contributed by atoms with E-state index in [1.54, 1.807) is 6.92 Å². The van der Waals surface area contributed by atoms with E-state index < -0.39 is 10.0 Å². The Hall–Kier alpha value is -0.920. The molecule has 0 atom stereocenters. The van der Waals surface area contributed by atoms with Crippen molar-refractivity contribution in [1.29, 1.82) is 0 Å². The number of nitrogens with one attached hydrogen (secondary N) is 1. The highest BCUT2D eigenvalue weighted by molar-refractivity contribution is 7.91. The second-order valence-corrected chi connectivity index (χ2v) is 6.90. The lowest BCUT2D eigenvalue weighted by Gasteiger charge is -2.03. The van der Waals surface area contributed by atoms with Crippen LogP contribution in [-0.2, 0) is 10.0 Å². The predicted octanol–water partition coefficient (Wildman–Crippen LogP) is 0.844. The van der Waals surface area contributed by atoms with E-state index in [9.17, 15) is 13.2 Å². The van der Waals surface area contributed by atoms with Crippen LogP contribution in [0.2, 0.25) is 0 Å². The van der Waals surface area contributed by atoms with Crippen LogP contribution in [0.15, 0.2) is 9.59 Å². The zero-order chi connectivity index (χ0) is 12.6. The number of carbonyl (C=O) groups is 1. The zero-order valence-corrected chi connectivity index (χ0v) is 11.0. The molecule has 1 heterocycles. The van der Waals surface area contributed by atoms with Gasteiger partial charge >= 0.3 is 0 Å². The molecular weight excluding hydrogens is 260 g/mol. The van der Waals surface area contributed by atoms with Crippen LogP contribution in [0.4, 0.5) is 0 Å². The SMILES string of the molecule is Cc1c(C(=O)NCC2CC2)csc1S(N)(=O)=O. The van der Waals surface area contributed by atoms with E-state index in [2.05, 4.69) is 5.32 Å². The third-order valence-electron chi connectivity index (χ3n) is 2.75. The van der Waals surface area contributed by atoms with Gasteiger partial charge < -0.3 is 5.32 Å². The summed E-state index contributed by atoms with van der Waals surface area (Å²) in [7, 11) is -3.73. The number of hydrogen-bond acceptors (Lipinski definition) is 4. The van der Waals surface area contributed by atoms with Crippen molar-refractivity contribution >= 4 is 27.3 Å². The molecule has 0 aliphatic heterocycles. The van der Waals surface area contributed by atoms with Crippen LogP contribution in [0, 0.1) is 12.8 Å². The van der Waals surface area contributed by atoms with E-state index in [0.717, 1.165) is 24.2 Å². The fourth-order valence-electron chi connectivity index (χ4n) is 1.56. The number of thiophene rings is 1. The highest BCUT2D eigenvalue weighted by atomic mass is 32.2. The first-order valence-corrected chi connectivity index (χ1v) is 7.71. The maximum atomic E-state index is 11.8. The molecule has 1 aromatic rings. The first-order chi connectivity index (χ1) is 7.89. The summed E-state index contributed by atoms with van der Waals surface area (Å²) in [5.41, 5.74) is 0.838. The lowest BCUT2D eigenvalue weighted by atomic mass is 10.2. The van der Waals surface area contributed by atoms with Crippen molar-refractivity contribution in [3.63, 3.8) is 0 Å². The number of sulfonamides is 1. The number of rotatable bonds is 4. The Balaban J connectivity index is 2.15. The standard InChI is InChI=1S/C10H14N2O3S2/c1-6-8(5-16-10(6)17(11,14)15)9(13)12-4-7-2-3-7/h5,7H,2-4H2,1H3,(H,12,13)(H2,11,14,15). The van der Waals surface area contributed by atoms with Crippen molar-refractivity contribution < 1.29 is 13.2 Å². The third-order valence-corrected chi connectivity index (χ3v) is 5.43. The van der Waals surface area contributed by atoms with E-state index in [1.807, 2.05) is 0 Å². The van der Waals surface area contributed by atoms with Gasteiger partial charge in [-0.3, -0.25) is 4.79 Å². The third kappa shape index (κ3) is 2.85. The fourth-order valence-corrected chi connectivity index (χ4v) is 3.57. The molecule has 0 saturated heterocycles. The highest BCUT2D eigenvalue weighted by Crippen LogP contribution is 2.28. The van der Waals surface area contributed by atoms with Gasteiger partial charge in [-0.05, 0) is 31.2 Å². The molecule has 0 radical (unpaired) electrons. The quantitative estimate of drug-likeness (QED) is 0.852. The second kappa shape index (κ2) is 4.40. The van der Waals surface area contributed by atoms with Gasteiger partial charge in [-0.1, -0.05) is 0 Å². The monoisotopic (exact) mass is 274 g/mol. The van der Waals surface area contributed by atoms with Crippen molar-refractivity contribution in [2.75, 3.05) is 6.54 Å². The zero-order valence-electron chi connectivity index (χ0n) is 9.39. The maximum Gasteiger partial charge on any atom is 0.252 e. The van der Waals surface area contributed by atoms with Crippen molar-refractivity contribution in [2.24, 2.45) is 11.1 Å². The van der Waals surface area contributed by atoms with Crippen LogP contribution in [-0.4, -0.2) is 20.9 Å². The molecule has 3 N–H and O–H groups in total. The van der Waals surface area contributed by atoms with Gasteiger partial charge in [0.05, 0.1) is 5.56 Å². The molecule has 1 fully saturated rings. The molecule has 2 rings (SSSR count). The van der Waals surface area contributed by atoms with E-state index in [4.69, 9.17) is 5.14 Å². The molecule has 0 spiro atoms. The molecular formula is C10H14N2O3S2. The van der Waals surface area contributed by atoms with Crippen molar-refractivity contribution in [3.8, 4) is 0 Å². The smallest absolute Gasteiger partial charge is 0.252 e. The Kier molecular flexibility index (Phi) is 3.24. The normalized spacial score (nSPS) is 15.9. The summed E-state index contributed by atoms with van der Waals surface area (Å²) in [6, 6.07) is 0. The van der Waals surface area contributed by atoms with E-state index in [0.29, 0.717) is 23.6 Å². The molecule has 0 aromatic carbocycles. The molecule has 5 nitrogen and oxygen atoms in total. The molecule has 17 heavy (non-hydrogen) atoms. The van der Waals surface area contributed by atoms with E-state index in [1.165, 1.54) is 5.38 Å².